The molecule has 676 valence electrons. The molecule has 0 atom stereocenters. The number of carboxylic acids is 2. The number of phenolic OH excluding ortho intramolecular Hbond substituents is 1. The number of ether oxygens (including phenoxy) is 6. The van der Waals surface area contributed by atoms with Crippen molar-refractivity contribution in [2.75, 3.05) is 33.9 Å². The molecule has 0 fully saturated rings. The van der Waals surface area contributed by atoms with E-state index >= 15 is 0 Å². The van der Waals surface area contributed by atoms with Gasteiger partial charge in [0.1, 0.15) is 75.8 Å². The Bertz CT molecular complexity index is 6860. The molecular weight excluding hydrogens is 1720 g/mol. The third kappa shape index (κ3) is 26.2. The van der Waals surface area contributed by atoms with Crippen LogP contribution in [0.5, 0.6) is 11.5 Å². The van der Waals surface area contributed by atoms with Crippen LogP contribution in [0.2, 0.25) is 5.02 Å². The summed E-state index contributed by atoms with van der Waals surface area (Å²) in [6.07, 6.45) is 0.0287. The van der Waals surface area contributed by atoms with Gasteiger partial charge in [-0.3, -0.25) is 61.9 Å². The fourth-order valence-electron chi connectivity index (χ4n) is 12.6. The lowest BCUT2D eigenvalue weighted by molar-refractivity contribution is -0.274. The largest absolute Gasteiger partial charge is 0.573 e. The van der Waals surface area contributed by atoms with Crippen LogP contribution in [-0.2, 0) is 57.7 Å². The number of hydrogen-bond acceptors (Lipinski definition) is 22. The normalized spacial score (nSPS) is 11.2. The van der Waals surface area contributed by atoms with Crippen LogP contribution in [0.3, 0.4) is 0 Å². The number of halogens is 4. The molecule has 5 heterocycles. The molecule has 0 saturated carbocycles. The molecule has 6 N–H and O–H groups in total. The first-order valence-corrected chi connectivity index (χ1v) is 39.8. The summed E-state index contributed by atoms with van der Waals surface area (Å²) in [5.41, 5.74) is -1.47. The Morgan fingerprint density at radius 3 is 1.03 bits per heavy atom. The SMILES string of the molecule is CC(C)(C)OC(=O)CNC(=O)c1cn(C(=O)OC(C)(C)C)c2ccccc2c1=O.CC(C)(C)OC(=O)n1cc(C(=O)O)c(=O)c2ccccc21.COC(=O)CNC(=O)c1cn(Cc2ccc(OC(F)(F)F)cc2)c2ccccc2c1=O.COC(=O)CNC(=O)c1cn(Cc2ccccc2O)c2ccccc2c1=O.O=C(O)c1cn(Cc2ccccc2Cl)c2ccccc2c1=O. The van der Waals surface area contributed by atoms with Crippen LogP contribution in [0.4, 0.5) is 22.8 Å². The number of nitrogens with one attached hydrogen (secondary N) is 3. The van der Waals surface area contributed by atoms with Crippen molar-refractivity contribution < 1.29 is 105 Å². The molecule has 36 heteroatoms. The number of alkyl halides is 3. The fraction of sp³-hybridized carbons (Fsp3) is 0.223. The minimum absolute atomic E-state index is 0.0898. The predicted octanol–water partition coefficient (Wildman–Crippen LogP) is 13.2. The average Bonchev–Trinajstić information content (AvgIpc) is 0.820. The molecule has 0 bridgehead atoms. The molecular formula is C94H88ClF3N8O24. The van der Waals surface area contributed by atoms with Crippen molar-refractivity contribution in [2.24, 2.45) is 0 Å². The van der Waals surface area contributed by atoms with Gasteiger partial charge < -0.3 is 73.4 Å². The Morgan fingerprint density at radius 2 is 0.662 bits per heavy atom. The zero-order valence-electron chi connectivity index (χ0n) is 71.8. The molecule has 0 unspecified atom stereocenters. The molecule has 0 aliphatic heterocycles. The monoisotopic (exact) mass is 1800 g/mol. The highest BCUT2D eigenvalue weighted by molar-refractivity contribution is 6.31. The van der Waals surface area contributed by atoms with Gasteiger partial charge in [0, 0.05) is 81.6 Å². The Kier molecular flexibility index (Phi) is 32.0. The van der Waals surface area contributed by atoms with Crippen molar-refractivity contribution in [3.8, 4) is 11.5 Å². The predicted molar refractivity (Wildman–Crippen MR) is 475 cm³/mol. The second-order valence-electron chi connectivity index (χ2n) is 31.3. The van der Waals surface area contributed by atoms with E-state index in [0.29, 0.717) is 61.1 Å². The van der Waals surface area contributed by atoms with Crippen LogP contribution >= 0.6 is 11.6 Å². The number of aromatic hydroxyl groups is 1. The number of para-hydroxylation sites is 6. The molecule has 3 amide bonds. The lowest BCUT2D eigenvalue weighted by Crippen LogP contribution is -2.37. The second kappa shape index (κ2) is 42.5. The summed E-state index contributed by atoms with van der Waals surface area (Å²) in [5, 5.41) is 37.4. The number of benzene rings is 8. The molecule has 13 rings (SSSR count). The van der Waals surface area contributed by atoms with E-state index in [1.165, 1.54) is 69.2 Å². The minimum Gasteiger partial charge on any atom is -0.508 e. The number of phenols is 1. The van der Waals surface area contributed by atoms with Gasteiger partial charge in [-0.15, -0.1) is 13.2 Å². The number of carboxylic acid groups (broad SMARTS) is 2. The molecule has 0 aliphatic carbocycles. The van der Waals surface area contributed by atoms with Gasteiger partial charge in [0.15, 0.2) is 0 Å². The van der Waals surface area contributed by atoms with Gasteiger partial charge in [-0.25, -0.2) is 19.2 Å². The maximum Gasteiger partial charge on any atom is 0.573 e. The number of amides is 3. The molecule has 13 aromatic rings. The molecule has 0 saturated heterocycles. The molecule has 0 radical (unpaired) electrons. The van der Waals surface area contributed by atoms with E-state index in [0.717, 1.165) is 27.1 Å². The first kappa shape index (κ1) is 98.0. The van der Waals surface area contributed by atoms with E-state index < -0.39 is 129 Å². The Labute approximate surface area is 742 Å². The third-order valence-corrected chi connectivity index (χ3v) is 18.7. The van der Waals surface area contributed by atoms with Crippen LogP contribution in [0, 0.1) is 0 Å². The van der Waals surface area contributed by atoms with Gasteiger partial charge in [0.25, 0.3) is 17.7 Å². The number of carbonyl (C=O) groups is 10. The number of hydrogen-bond donors (Lipinski definition) is 6. The highest BCUT2D eigenvalue weighted by Gasteiger charge is 2.32. The Morgan fingerprint density at radius 1 is 0.362 bits per heavy atom. The summed E-state index contributed by atoms with van der Waals surface area (Å²) in [4.78, 5) is 182. The summed E-state index contributed by atoms with van der Waals surface area (Å²) in [6, 6.07) is 52.6. The van der Waals surface area contributed by atoms with E-state index in [9.17, 15) is 95.3 Å². The average molecular weight is 1810 g/mol. The number of esters is 3. The number of aromatic nitrogens is 5. The van der Waals surface area contributed by atoms with Crippen LogP contribution in [0.1, 0.15) is 131 Å². The molecule has 0 aliphatic rings. The number of methoxy groups -OCH3 is 2. The standard InChI is InChI=1S/C21H17F3N2O5.C21H26N2O6.C20H18N2O5.C17H12ClNO3.C15H15NO5/c1-30-18(27)10-25-20(29)16-12-26(17-5-3-2-4-15(17)19(16)28)11-13-6-8-14(9-7-13)31-21(22,23)24;1-20(2,3)28-16(24)11-22-18(26)14-12-23(19(27)29-21(4,5)6)15-10-8-7-9-13(15)17(14)25;1-27-18(24)10-21-20(26)15-12-22(11-13-6-2-5-9-17(13)23)16-8-4-3-7-14(16)19(15)25;18-14-7-3-1-5-11(14)9-19-10-13(17(21)22)16(20)12-6-2-4-8-15(12)19;1-15(2,3)21-14(20)16-8-10(13(18)19)12(17)9-6-4-5-7-11(9)16/h2-9,12H,10-11H2,1H3,(H,25,29);7-10,12H,11H2,1-6H3,(H,22,26);2-9,12,23H,10-11H2,1H3,(H,21,26);1-8,10H,9H2,(H,21,22);4-8H,1-3H3,(H,18,19). The lowest BCUT2D eigenvalue weighted by Gasteiger charge is -2.21. The number of carbonyl (C=O) groups excluding carboxylic acids is 8. The number of nitrogens with zero attached hydrogens (tertiary/aromatic N) is 5. The van der Waals surface area contributed by atoms with Crippen molar-refractivity contribution in [1.82, 2.24) is 38.8 Å². The summed E-state index contributed by atoms with van der Waals surface area (Å²) in [6.45, 7) is 15.0. The molecule has 0 spiro atoms. The third-order valence-electron chi connectivity index (χ3n) is 18.4. The van der Waals surface area contributed by atoms with Crippen molar-refractivity contribution in [1.29, 1.82) is 0 Å². The van der Waals surface area contributed by atoms with Crippen LogP contribution in [0.25, 0.3) is 54.5 Å². The summed E-state index contributed by atoms with van der Waals surface area (Å²) < 4.78 is 72.8. The summed E-state index contributed by atoms with van der Waals surface area (Å²) >= 11 is 6.17. The van der Waals surface area contributed by atoms with Crippen molar-refractivity contribution in [3.63, 3.8) is 0 Å². The van der Waals surface area contributed by atoms with E-state index in [1.807, 2.05) is 24.3 Å². The molecule has 130 heavy (non-hydrogen) atoms. The van der Waals surface area contributed by atoms with Crippen LogP contribution in [-0.4, -0.2) is 155 Å². The fourth-order valence-corrected chi connectivity index (χ4v) is 12.8. The van der Waals surface area contributed by atoms with Gasteiger partial charge in [0.05, 0.1) is 48.3 Å². The van der Waals surface area contributed by atoms with Gasteiger partial charge in [0.2, 0.25) is 27.1 Å². The van der Waals surface area contributed by atoms with Crippen molar-refractivity contribution in [3.05, 3.63) is 326 Å². The highest BCUT2D eigenvalue weighted by atomic mass is 35.5. The Hall–Kier alpha value is -15.8. The zero-order valence-corrected chi connectivity index (χ0v) is 72.5. The molecule has 8 aromatic carbocycles. The van der Waals surface area contributed by atoms with Gasteiger partial charge >= 0.3 is 48.4 Å². The maximum absolute atomic E-state index is 12.8. The first-order valence-electron chi connectivity index (χ1n) is 39.4. The summed E-state index contributed by atoms with van der Waals surface area (Å²) in [5.74, 6) is -6.98. The van der Waals surface area contributed by atoms with Crippen LogP contribution < -0.4 is 47.8 Å². The Balaban J connectivity index is 0.000000184. The van der Waals surface area contributed by atoms with E-state index in [2.05, 4.69) is 30.2 Å². The number of pyridine rings is 5. The number of fused-ring (bicyclic) bond motifs is 5. The lowest BCUT2D eigenvalue weighted by atomic mass is 10.1. The first-order chi connectivity index (χ1) is 61.2. The van der Waals surface area contributed by atoms with Gasteiger partial charge in [-0.2, -0.15) is 0 Å². The smallest absolute Gasteiger partial charge is 0.508 e. The minimum atomic E-state index is -4.79. The number of aromatic carboxylic acids is 2. The summed E-state index contributed by atoms with van der Waals surface area (Å²) in [7, 11) is 2.38. The molecule has 5 aromatic heterocycles. The van der Waals surface area contributed by atoms with Crippen molar-refractivity contribution in [2.45, 2.75) is 105 Å². The van der Waals surface area contributed by atoms with Gasteiger partial charge in [-0.1, -0.05) is 121 Å². The second-order valence-corrected chi connectivity index (χ2v) is 31.7. The van der Waals surface area contributed by atoms with Crippen molar-refractivity contribution >= 4 is 126 Å². The maximum atomic E-state index is 12.8. The zero-order chi connectivity index (χ0) is 95.4. The van der Waals surface area contributed by atoms with E-state index in [1.54, 1.807) is 209 Å². The van der Waals surface area contributed by atoms with Crippen LogP contribution in [0.15, 0.2) is 249 Å². The highest BCUT2D eigenvalue weighted by Crippen LogP contribution is 2.27. The number of rotatable bonds is 18. The topological polar surface area (TPSA) is 433 Å². The quantitative estimate of drug-likeness (QED) is 0.0343. The van der Waals surface area contributed by atoms with Gasteiger partial charge in [-0.05, 0) is 158 Å². The van der Waals surface area contributed by atoms with E-state index in [-0.39, 0.29) is 69.5 Å². The molecule has 32 nitrogen and oxygen atoms in total. The van der Waals surface area contributed by atoms with E-state index in [4.69, 9.17) is 30.9 Å².